The summed E-state index contributed by atoms with van der Waals surface area (Å²) in [7, 11) is 0. The lowest BCUT2D eigenvalue weighted by atomic mass is 10.3. The molecule has 1 aromatic rings. The van der Waals surface area contributed by atoms with Gasteiger partial charge in [-0.2, -0.15) is 0 Å². The van der Waals surface area contributed by atoms with E-state index >= 15 is 0 Å². The van der Waals surface area contributed by atoms with Gasteiger partial charge in [0.2, 0.25) is 0 Å². The van der Waals surface area contributed by atoms with Crippen molar-refractivity contribution < 1.29 is 14.7 Å². The van der Waals surface area contributed by atoms with Crippen LogP contribution in [-0.2, 0) is 9.59 Å². The highest BCUT2D eigenvalue weighted by molar-refractivity contribution is 6.42. The lowest BCUT2D eigenvalue weighted by Gasteiger charge is -2.13. The molecule has 0 bridgehead atoms. The smallest absolute Gasteiger partial charge is 0.277 e. The van der Waals surface area contributed by atoms with Gasteiger partial charge in [-0.3, -0.25) is 14.5 Å². The van der Waals surface area contributed by atoms with Gasteiger partial charge in [0.1, 0.15) is 5.70 Å². The topological polar surface area (TPSA) is 69.6 Å². The van der Waals surface area contributed by atoms with Gasteiger partial charge in [0.25, 0.3) is 11.8 Å². The van der Waals surface area contributed by atoms with Crippen LogP contribution in [0.2, 0.25) is 10.0 Å². The molecule has 0 aromatic heterocycles. The number of β-amino-alcohol motifs (C(OH)–C–C–N with tert-alkyl or cyclic N) is 1. The molecule has 1 heterocycles. The molecule has 1 aliphatic heterocycles. The molecule has 0 radical (unpaired) electrons. The maximum atomic E-state index is 11.9. The number of anilines is 1. The fourth-order valence-corrected chi connectivity index (χ4v) is 1.94. The number of aliphatic hydroxyl groups excluding tert-OH is 1. The third-order valence-corrected chi connectivity index (χ3v) is 3.27. The zero-order chi connectivity index (χ0) is 14.0. The molecule has 1 aliphatic rings. The number of hydrogen-bond acceptors (Lipinski definition) is 4. The maximum Gasteiger partial charge on any atom is 0.277 e. The van der Waals surface area contributed by atoms with Crippen LogP contribution in [0.5, 0.6) is 0 Å². The van der Waals surface area contributed by atoms with Gasteiger partial charge >= 0.3 is 0 Å². The van der Waals surface area contributed by atoms with E-state index in [1.165, 1.54) is 6.08 Å². The Hall–Kier alpha value is -1.56. The zero-order valence-corrected chi connectivity index (χ0v) is 11.2. The molecule has 5 nitrogen and oxygen atoms in total. The second-order valence-corrected chi connectivity index (χ2v) is 4.64. The number of nitrogens with zero attached hydrogens (tertiary/aromatic N) is 1. The van der Waals surface area contributed by atoms with Gasteiger partial charge in [-0.1, -0.05) is 23.2 Å². The van der Waals surface area contributed by atoms with E-state index < -0.39 is 11.8 Å². The number of hydrogen-bond donors (Lipinski definition) is 2. The molecule has 0 unspecified atom stereocenters. The first kappa shape index (κ1) is 13.9. The normalized spacial score (nSPS) is 14.9. The fourth-order valence-electron chi connectivity index (χ4n) is 1.64. The molecule has 0 atom stereocenters. The van der Waals surface area contributed by atoms with Crippen molar-refractivity contribution in [1.82, 2.24) is 4.90 Å². The van der Waals surface area contributed by atoms with E-state index in [9.17, 15) is 9.59 Å². The van der Waals surface area contributed by atoms with Crippen LogP contribution >= 0.6 is 23.2 Å². The van der Waals surface area contributed by atoms with E-state index in [1.54, 1.807) is 18.2 Å². The number of halogens is 2. The third kappa shape index (κ3) is 2.89. The standard InChI is InChI=1S/C12H10Cl2N2O3/c13-8-2-1-7(5-9(8)14)15-10-6-11(18)16(3-4-17)12(10)19/h1-2,5-6,15,17H,3-4H2. The number of carbonyl (C=O) groups excluding carboxylic acids is 2. The number of amides is 2. The van der Waals surface area contributed by atoms with Crippen molar-refractivity contribution in [2.24, 2.45) is 0 Å². The van der Waals surface area contributed by atoms with Gasteiger partial charge in [0, 0.05) is 11.8 Å². The van der Waals surface area contributed by atoms with Crippen LogP contribution in [0, 0.1) is 0 Å². The minimum atomic E-state index is -0.481. The lowest BCUT2D eigenvalue weighted by molar-refractivity contribution is -0.137. The molecule has 1 aromatic carbocycles. The van der Waals surface area contributed by atoms with Crippen LogP contribution in [0.4, 0.5) is 5.69 Å². The predicted molar refractivity (Wildman–Crippen MR) is 72.0 cm³/mol. The van der Waals surface area contributed by atoms with Gasteiger partial charge in [0.15, 0.2) is 0 Å². The molecule has 0 aliphatic carbocycles. The molecule has 0 saturated heterocycles. The number of carbonyl (C=O) groups is 2. The van der Waals surface area contributed by atoms with Gasteiger partial charge in [-0.25, -0.2) is 0 Å². The summed E-state index contributed by atoms with van der Waals surface area (Å²) < 4.78 is 0. The Balaban J connectivity index is 2.16. The molecule has 2 N–H and O–H groups in total. The third-order valence-electron chi connectivity index (χ3n) is 2.53. The van der Waals surface area contributed by atoms with Crippen molar-refractivity contribution in [1.29, 1.82) is 0 Å². The van der Waals surface area contributed by atoms with Crippen LogP contribution in [0.1, 0.15) is 0 Å². The first-order valence-electron chi connectivity index (χ1n) is 5.43. The lowest BCUT2D eigenvalue weighted by Crippen LogP contribution is -2.34. The Morgan fingerprint density at radius 3 is 2.58 bits per heavy atom. The number of rotatable bonds is 4. The molecule has 0 spiro atoms. The highest BCUT2D eigenvalue weighted by Crippen LogP contribution is 2.26. The Morgan fingerprint density at radius 2 is 1.95 bits per heavy atom. The number of imide groups is 1. The predicted octanol–water partition coefficient (Wildman–Crippen LogP) is 1.65. The van der Waals surface area contributed by atoms with E-state index in [4.69, 9.17) is 28.3 Å². The Kier molecular flexibility index (Phi) is 4.09. The number of nitrogens with one attached hydrogen (secondary N) is 1. The van der Waals surface area contributed by atoms with Crippen molar-refractivity contribution in [2.45, 2.75) is 0 Å². The highest BCUT2D eigenvalue weighted by Gasteiger charge is 2.30. The fraction of sp³-hybridized carbons (Fsp3) is 0.167. The summed E-state index contributed by atoms with van der Waals surface area (Å²) in [5.74, 6) is -0.938. The molecule has 0 fully saturated rings. The summed E-state index contributed by atoms with van der Waals surface area (Å²) in [5.41, 5.74) is 0.685. The average Bonchev–Trinajstić information content (AvgIpc) is 2.62. The van der Waals surface area contributed by atoms with E-state index in [2.05, 4.69) is 5.32 Å². The van der Waals surface area contributed by atoms with Gasteiger partial charge in [-0.15, -0.1) is 0 Å². The second kappa shape index (κ2) is 5.61. The monoisotopic (exact) mass is 300 g/mol. The van der Waals surface area contributed by atoms with Crippen LogP contribution in [-0.4, -0.2) is 35.0 Å². The summed E-state index contributed by atoms with van der Waals surface area (Å²) in [6.07, 6.45) is 1.18. The van der Waals surface area contributed by atoms with Crippen molar-refractivity contribution in [2.75, 3.05) is 18.5 Å². The zero-order valence-electron chi connectivity index (χ0n) is 9.69. The first-order valence-corrected chi connectivity index (χ1v) is 6.19. The average molecular weight is 301 g/mol. The van der Waals surface area contributed by atoms with Gasteiger partial charge in [0.05, 0.1) is 23.2 Å². The van der Waals surface area contributed by atoms with Crippen LogP contribution in [0.3, 0.4) is 0 Å². The molecule has 100 valence electrons. The van der Waals surface area contributed by atoms with Crippen molar-refractivity contribution in [3.8, 4) is 0 Å². The summed E-state index contributed by atoms with van der Waals surface area (Å²) in [5, 5.41) is 12.3. The van der Waals surface area contributed by atoms with Crippen molar-refractivity contribution in [3.05, 3.63) is 40.0 Å². The van der Waals surface area contributed by atoms with E-state index in [0.29, 0.717) is 15.7 Å². The van der Waals surface area contributed by atoms with Crippen LogP contribution in [0.15, 0.2) is 30.0 Å². The first-order chi connectivity index (χ1) is 9.02. The van der Waals surface area contributed by atoms with Crippen molar-refractivity contribution >= 4 is 40.7 Å². The number of benzene rings is 1. The minimum Gasteiger partial charge on any atom is -0.395 e. The van der Waals surface area contributed by atoms with E-state index in [1.807, 2.05) is 0 Å². The summed E-state index contributed by atoms with van der Waals surface area (Å²) >= 11 is 11.6. The quantitative estimate of drug-likeness (QED) is 0.830. The SMILES string of the molecule is O=C1C=C(Nc2ccc(Cl)c(Cl)c2)C(=O)N1CCO. The summed E-state index contributed by atoms with van der Waals surface area (Å²) in [4.78, 5) is 24.4. The van der Waals surface area contributed by atoms with Gasteiger partial charge in [-0.05, 0) is 18.2 Å². The molecule has 7 heteroatoms. The Bertz CT molecular complexity index is 572. The molecular weight excluding hydrogens is 291 g/mol. The maximum absolute atomic E-state index is 11.9. The summed E-state index contributed by atoms with van der Waals surface area (Å²) in [6.45, 7) is -0.300. The highest BCUT2D eigenvalue weighted by atomic mass is 35.5. The van der Waals surface area contributed by atoms with Crippen LogP contribution < -0.4 is 5.32 Å². The molecule has 2 amide bonds. The van der Waals surface area contributed by atoms with Crippen LogP contribution in [0.25, 0.3) is 0 Å². The Morgan fingerprint density at radius 1 is 1.21 bits per heavy atom. The molecule has 0 saturated carbocycles. The number of aliphatic hydroxyl groups is 1. The van der Waals surface area contributed by atoms with E-state index in [0.717, 1.165) is 4.90 Å². The molecule has 19 heavy (non-hydrogen) atoms. The minimum absolute atomic E-state index is 0.0271. The molecule has 2 rings (SSSR count). The second-order valence-electron chi connectivity index (χ2n) is 3.83. The molecular formula is C12H10Cl2N2O3. The van der Waals surface area contributed by atoms with Gasteiger partial charge < -0.3 is 10.4 Å². The van der Waals surface area contributed by atoms with Crippen molar-refractivity contribution in [3.63, 3.8) is 0 Å². The summed E-state index contributed by atoms with van der Waals surface area (Å²) in [6, 6.07) is 4.78. The largest absolute Gasteiger partial charge is 0.395 e. The van der Waals surface area contributed by atoms with E-state index in [-0.39, 0.29) is 18.8 Å². The Labute approximate surface area is 119 Å².